The van der Waals surface area contributed by atoms with E-state index < -0.39 is 15.9 Å². The molecule has 7 nitrogen and oxygen atoms in total. The third kappa shape index (κ3) is 5.58. The molecule has 0 saturated carbocycles. The van der Waals surface area contributed by atoms with Crippen LogP contribution in [-0.2, 0) is 26.2 Å². The first-order valence-electron chi connectivity index (χ1n) is 10.8. The molecule has 1 fully saturated rings. The molecule has 3 aromatic carbocycles. The third-order valence-electron chi connectivity index (χ3n) is 5.52. The first-order valence-corrected chi connectivity index (χ1v) is 13.4. The molecule has 0 spiro atoms. The van der Waals surface area contributed by atoms with Crippen LogP contribution in [0.25, 0.3) is 0 Å². The lowest BCUT2D eigenvalue weighted by molar-refractivity contribution is -0.120. The predicted molar refractivity (Wildman–Crippen MR) is 140 cm³/mol. The number of hydrogen-bond donors (Lipinski definition) is 1. The monoisotopic (exact) mass is 589 g/mol. The maximum atomic E-state index is 13.4. The van der Waals surface area contributed by atoms with E-state index in [4.69, 9.17) is 0 Å². The minimum absolute atomic E-state index is 0.0977. The van der Waals surface area contributed by atoms with Gasteiger partial charge in [0.25, 0.3) is 10.0 Å². The van der Waals surface area contributed by atoms with Crippen LogP contribution in [0.2, 0.25) is 0 Å². The van der Waals surface area contributed by atoms with Gasteiger partial charge in [-0.3, -0.25) is 13.9 Å². The molecule has 1 heterocycles. The summed E-state index contributed by atoms with van der Waals surface area (Å²) in [6.07, 6.45) is 1.38. The average molecular weight is 589 g/mol. The summed E-state index contributed by atoms with van der Waals surface area (Å²) in [7, 11) is -3.94. The zero-order chi connectivity index (χ0) is 24.1. The van der Waals surface area contributed by atoms with Crippen molar-refractivity contribution in [3.63, 3.8) is 0 Å². The summed E-state index contributed by atoms with van der Waals surface area (Å²) in [6.45, 7) is 0.555. The lowest BCUT2D eigenvalue weighted by Crippen LogP contribution is -2.40. The number of amides is 2. The number of hydrogen-bond acceptors (Lipinski definition) is 4. The van der Waals surface area contributed by atoms with Gasteiger partial charge in [-0.1, -0.05) is 30.3 Å². The van der Waals surface area contributed by atoms with Gasteiger partial charge in [-0.25, -0.2) is 8.42 Å². The smallest absolute Gasteiger partial charge is 0.264 e. The Morgan fingerprint density at radius 1 is 1.00 bits per heavy atom. The van der Waals surface area contributed by atoms with E-state index >= 15 is 0 Å². The fourth-order valence-electron chi connectivity index (χ4n) is 3.78. The number of halogens is 1. The van der Waals surface area contributed by atoms with Crippen LogP contribution >= 0.6 is 22.6 Å². The molecule has 0 aliphatic carbocycles. The molecule has 0 aromatic heterocycles. The van der Waals surface area contributed by atoms with Crippen LogP contribution in [0.5, 0.6) is 0 Å². The van der Waals surface area contributed by atoms with Crippen LogP contribution in [0.3, 0.4) is 0 Å². The summed E-state index contributed by atoms with van der Waals surface area (Å²) in [6, 6.07) is 22.5. The Bertz CT molecular complexity index is 1280. The van der Waals surface area contributed by atoms with Gasteiger partial charge in [-0.15, -0.1) is 0 Å². The quantitative estimate of drug-likeness (QED) is 0.404. The molecule has 1 aliphatic rings. The molecule has 0 atom stereocenters. The SMILES string of the molecule is O=C(CN(c1ccc(I)cc1)S(=O)(=O)c1ccccc1)NCc1cccc(N2CCCC2=O)c1. The second-order valence-electron chi connectivity index (χ2n) is 7.90. The van der Waals surface area contributed by atoms with Gasteiger partial charge in [0, 0.05) is 28.8 Å². The lowest BCUT2D eigenvalue weighted by Gasteiger charge is -2.24. The fourth-order valence-corrected chi connectivity index (χ4v) is 5.59. The summed E-state index contributed by atoms with van der Waals surface area (Å²) >= 11 is 2.14. The Kier molecular flexibility index (Phi) is 7.52. The van der Waals surface area contributed by atoms with Gasteiger partial charge in [-0.05, 0) is 83.1 Å². The normalized spacial score (nSPS) is 13.7. The van der Waals surface area contributed by atoms with Crippen LogP contribution in [-0.4, -0.2) is 33.3 Å². The zero-order valence-electron chi connectivity index (χ0n) is 18.4. The van der Waals surface area contributed by atoms with Gasteiger partial charge >= 0.3 is 0 Å². The van der Waals surface area contributed by atoms with E-state index in [1.165, 1.54) is 12.1 Å². The molecule has 9 heteroatoms. The molecule has 34 heavy (non-hydrogen) atoms. The first kappa shape index (κ1) is 24.2. The number of benzene rings is 3. The van der Waals surface area contributed by atoms with Gasteiger partial charge in [0.05, 0.1) is 10.6 Å². The van der Waals surface area contributed by atoms with Gasteiger partial charge in [-0.2, -0.15) is 0 Å². The van der Waals surface area contributed by atoms with E-state index in [-0.39, 0.29) is 23.9 Å². The van der Waals surface area contributed by atoms with E-state index in [0.717, 1.165) is 25.5 Å². The van der Waals surface area contributed by atoms with E-state index in [1.54, 1.807) is 47.4 Å². The average Bonchev–Trinajstić information content (AvgIpc) is 3.28. The molecular weight excluding hydrogens is 565 g/mol. The van der Waals surface area contributed by atoms with Crippen LogP contribution < -0.4 is 14.5 Å². The Morgan fingerprint density at radius 2 is 1.74 bits per heavy atom. The summed E-state index contributed by atoms with van der Waals surface area (Å²) in [5, 5.41) is 2.81. The maximum absolute atomic E-state index is 13.4. The summed E-state index contributed by atoms with van der Waals surface area (Å²) in [5.74, 6) is -0.332. The highest BCUT2D eigenvalue weighted by atomic mass is 127. The Balaban J connectivity index is 1.50. The minimum Gasteiger partial charge on any atom is -0.350 e. The number of nitrogens with zero attached hydrogens (tertiary/aromatic N) is 2. The number of anilines is 2. The molecule has 4 rings (SSSR count). The molecule has 1 saturated heterocycles. The van der Waals surface area contributed by atoms with Crippen molar-refractivity contribution in [2.24, 2.45) is 0 Å². The Morgan fingerprint density at radius 3 is 2.41 bits per heavy atom. The summed E-state index contributed by atoms with van der Waals surface area (Å²) in [5.41, 5.74) is 2.05. The van der Waals surface area contributed by atoms with Crippen LogP contribution in [0.15, 0.2) is 83.8 Å². The highest BCUT2D eigenvalue weighted by Gasteiger charge is 2.27. The minimum atomic E-state index is -3.94. The molecular formula is C25H24IN3O4S. The molecule has 0 bridgehead atoms. The van der Waals surface area contributed by atoms with Gasteiger partial charge in [0.1, 0.15) is 6.54 Å². The van der Waals surface area contributed by atoms with Crippen molar-refractivity contribution in [3.05, 3.63) is 88.0 Å². The Labute approximate surface area is 213 Å². The standard InChI is InChI=1S/C25H24IN3O4S/c26-20-11-13-21(14-12-20)29(34(32,33)23-8-2-1-3-9-23)18-24(30)27-17-19-6-4-7-22(16-19)28-15-5-10-25(28)31/h1-4,6-9,11-14,16H,5,10,15,17-18H2,(H,27,30). The zero-order valence-corrected chi connectivity index (χ0v) is 21.3. The predicted octanol–water partition coefficient (Wildman–Crippen LogP) is 3.93. The highest BCUT2D eigenvalue weighted by molar-refractivity contribution is 14.1. The van der Waals surface area contributed by atoms with Crippen LogP contribution in [0.4, 0.5) is 11.4 Å². The van der Waals surface area contributed by atoms with Crippen molar-refractivity contribution in [2.45, 2.75) is 24.3 Å². The lowest BCUT2D eigenvalue weighted by atomic mass is 10.2. The maximum Gasteiger partial charge on any atom is 0.264 e. The molecule has 0 radical (unpaired) electrons. The first-order chi connectivity index (χ1) is 16.3. The van der Waals surface area contributed by atoms with E-state index in [0.29, 0.717) is 18.7 Å². The van der Waals surface area contributed by atoms with Gasteiger partial charge in [0.2, 0.25) is 11.8 Å². The molecule has 176 valence electrons. The number of carbonyl (C=O) groups is 2. The number of nitrogens with one attached hydrogen (secondary N) is 1. The van der Waals surface area contributed by atoms with Crippen molar-refractivity contribution in [1.29, 1.82) is 0 Å². The van der Waals surface area contributed by atoms with Crippen LogP contribution in [0.1, 0.15) is 18.4 Å². The van der Waals surface area contributed by atoms with Crippen molar-refractivity contribution in [3.8, 4) is 0 Å². The molecule has 1 N–H and O–H groups in total. The topological polar surface area (TPSA) is 86.8 Å². The molecule has 3 aromatic rings. The number of rotatable bonds is 8. The van der Waals surface area contributed by atoms with E-state index in [1.807, 2.05) is 24.3 Å². The highest BCUT2D eigenvalue weighted by Crippen LogP contribution is 2.25. The molecule has 0 unspecified atom stereocenters. The molecule has 2 amide bonds. The van der Waals surface area contributed by atoms with Crippen molar-refractivity contribution in [1.82, 2.24) is 5.32 Å². The summed E-state index contributed by atoms with van der Waals surface area (Å²) in [4.78, 5) is 26.7. The van der Waals surface area contributed by atoms with Crippen molar-refractivity contribution < 1.29 is 18.0 Å². The van der Waals surface area contributed by atoms with Gasteiger partial charge < -0.3 is 10.2 Å². The van der Waals surface area contributed by atoms with Crippen molar-refractivity contribution in [2.75, 3.05) is 22.3 Å². The molecule has 1 aliphatic heterocycles. The van der Waals surface area contributed by atoms with Gasteiger partial charge in [0.15, 0.2) is 0 Å². The Hall–Kier alpha value is -2.92. The van der Waals surface area contributed by atoms with E-state index in [2.05, 4.69) is 27.9 Å². The number of sulfonamides is 1. The second kappa shape index (κ2) is 10.6. The second-order valence-corrected chi connectivity index (χ2v) is 11.0. The fraction of sp³-hybridized carbons (Fsp3) is 0.200. The summed E-state index contributed by atoms with van der Waals surface area (Å²) < 4.78 is 28.8. The number of carbonyl (C=O) groups excluding carboxylic acids is 2. The van der Waals surface area contributed by atoms with Crippen LogP contribution in [0, 0.1) is 3.57 Å². The van der Waals surface area contributed by atoms with E-state index in [9.17, 15) is 18.0 Å². The largest absolute Gasteiger partial charge is 0.350 e. The third-order valence-corrected chi connectivity index (χ3v) is 8.03. The van der Waals surface area contributed by atoms with Crippen molar-refractivity contribution >= 4 is 55.8 Å².